The minimum absolute atomic E-state index is 0.0487. The quantitative estimate of drug-likeness (QED) is 0.451. The number of methoxy groups -OCH3 is 3. The van der Waals surface area contributed by atoms with E-state index in [2.05, 4.69) is 19.9 Å². The van der Waals surface area contributed by atoms with Gasteiger partial charge in [0.15, 0.2) is 22.9 Å². The van der Waals surface area contributed by atoms with Crippen LogP contribution in [0.5, 0.6) is 17.4 Å². The Morgan fingerprint density at radius 2 is 1.69 bits per heavy atom. The molecule has 0 aliphatic carbocycles. The number of imidazole rings is 1. The number of ether oxygens (including phenoxy) is 4. The van der Waals surface area contributed by atoms with Crippen molar-refractivity contribution in [3.8, 4) is 17.4 Å². The topological polar surface area (TPSA) is 141 Å². The number of aromatic amines is 1. The molecular formula is C19H24N6O4. The molecule has 3 rings (SSSR count). The molecule has 0 bridgehead atoms. The lowest BCUT2D eigenvalue weighted by atomic mass is 10.3. The van der Waals surface area contributed by atoms with Gasteiger partial charge in [-0.15, -0.1) is 0 Å². The molecule has 10 heteroatoms. The summed E-state index contributed by atoms with van der Waals surface area (Å²) in [5, 5.41) is 7.15. The van der Waals surface area contributed by atoms with Crippen LogP contribution >= 0.6 is 0 Å². The van der Waals surface area contributed by atoms with Crippen molar-refractivity contribution < 1.29 is 18.9 Å². The van der Waals surface area contributed by atoms with Crippen LogP contribution < -0.4 is 19.9 Å². The van der Waals surface area contributed by atoms with Gasteiger partial charge < -0.3 is 29.7 Å². The molecule has 3 aromatic rings. The highest BCUT2D eigenvalue weighted by Crippen LogP contribution is 2.25. The number of aromatic nitrogens is 3. The summed E-state index contributed by atoms with van der Waals surface area (Å²) in [5.74, 6) is 2.16. The monoisotopic (exact) mass is 400 g/mol. The van der Waals surface area contributed by atoms with Crippen LogP contribution in [-0.2, 0) is 4.74 Å². The molecule has 2 heterocycles. The van der Waals surface area contributed by atoms with E-state index in [1.807, 2.05) is 37.3 Å². The van der Waals surface area contributed by atoms with Gasteiger partial charge in [0.1, 0.15) is 0 Å². The Kier molecular flexibility index (Phi) is 7.35. The van der Waals surface area contributed by atoms with Crippen LogP contribution in [0.15, 0.2) is 35.3 Å². The van der Waals surface area contributed by atoms with Gasteiger partial charge in [-0.2, -0.15) is 4.99 Å². The van der Waals surface area contributed by atoms with E-state index in [-0.39, 0.29) is 17.9 Å². The third-order valence-electron chi connectivity index (χ3n) is 3.51. The number of hydrogen-bond donors (Lipinski definition) is 3. The number of pyridine rings is 1. The number of nitrogens with one attached hydrogen (secondary N) is 2. The standard InChI is InChI=1S/C11H14N6O2.C8H10O2/c1-5-4-7-8(9(14-5)18-3)16-11(15-7)17-10(13)19-6(2)12;1-9-7-5-3-4-6-8(7)10-2/h4,12H,1-3H3,(H3,13,15,16,17);3-6H,1-2H3. The average Bonchev–Trinajstić information content (AvgIpc) is 3.08. The number of amidine groups is 1. The number of rotatable bonds is 4. The Bertz CT molecular complexity index is 992. The SMILES string of the molecule is COc1ccccc1OC.COc1nc(C)cc2[nH]c(/N=C(\N)OC(C)=N)nc12. The van der Waals surface area contributed by atoms with Crippen molar-refractivity contribution in [2.75, 3.05) is 21.3 Å². The summed E-state index contributed by atoms with van der Waals surface area (Å²) in [6.45, 7) is 3.30. The van der Waals surface area contributed by atoms with Crippen molar-refractivity contribution in [3.05, 3.63) is 36.0 Å². The van der Waals surface area contributed by atoms with Crippen LogP contribution in [0, 0.1) is 12.3 Å². The average molecular weight is 400 g/mol. The highest BCUT2D eigenvalue weighted by molar-refractivity contribution is 5.88. The molecule has 4 N–H and O–H groups in total. The van der Waals surface area contributed by atoms with Crippen LogP contribution in [-0.4, -0.2) is 48.2 Å². The second-order valence-corrected chi connectivity index (χ2v) is 5.69. The number of fused-ring (bicyclic) bond motifs is 1. The molecule has 0 unspecified atom stereocenters. The maximum absolute atomic E-state index is 7.15. The lowest BCUT2D eigenvalue weighted by molar-refractivity contribution is 0.355. The highest BCUT2D eigenvalue weighted by Gasteiger charge is 2.10. The van der Waals surface area contributed by atoms with Crippen LogP contribution in [0.2, 0.25) is 0 Å². The van der Waals surface area contributed by atoms with Crippen LogP contribution in [0.4, 0.5) is 5.95 Å². The summed E-state index contributed by atoms with van der Waals surface area (Å²) < 4.78 is 20.0. The van der Waals surface area contributed by atoms with E-state index in [0.717, 1.165) is 22.7 Å². The molecule has 0 spiro atoms. The molecule has 0 amide bonds. The number of nitrogens with zero attached hydrogens (tertiary/aromatic N) is 3. The molecule has 0 atom stereocenters. The fraction of sp³-hybridized carbons (Fsp3) is 0.263. The Morgan fingerprint density at radius 1 is 1.07 bits per heavy atom. The van der Waals surface area contributed by atoms with Crippen molar-refractivity contribution in [1.82, 2.24) is 15.0 Å². The third-order valence-corrected chi connectivity index (χ3v) is 3.51. The third kappa shape index (κ3) is 5.83. The van der Waals surface area contributed by atoms with Crippen molar-refractivity contribution >= 4 is 28.9 Å². The van der Waals surface area contributed by atoms with E-state index in [9.17, 15) is 0 Å². The lowest BCUT2D eigenvalue weighted by Crippen LogP contribution is -2.18. The van der Waals surface area contributed by atoms with Crippen LogP contribution in [0.25, 0.3) is 11.0 Å². The number of para-hydroxylation sites is 2. The molecule has 0 fully saturated rings. The van der Waals surface area contributed by atoms with Gasteiger partial charge in [0.25, 0.3) is 6.02 Å². The van der Waals surface area contributed by atoms with E-state index in [1.54, 1.807) is 14.2 Å². The second kappa shape index (κ2) is 9.93. The largest absolute Gasteiger partial charge is 0.493 e. The fourth-order valence-corrected chi connectivity index (χ4v) is 2.36. The van der Waals surface area contributed by atoms with Gasteiger partial charge in [-0.25, -0.2) is 9.97 Å². The summed E-state index contributed by atoms with van der Waals surface area (Å²) in [4.78, 5) is 15.3. The first-order valence-corrected chi connectivity index (χ1v) is 8.53. The minimum Gasteiger partial charge on any atom is -0.493 e. The van der Waals surface area contributed by atoms with Crippen molar-refractivity contribution in [3.63, 3.8) is 0 Å². The Hall–Kier alpha value is -3.82. The number of benzene rings is 1. The zero-order chi connectivity index (χ0) is 21.4. The first-order chi connectivity index (χ1) is 13.9. The predicted molar refractivity (Wildman–Crippen MR) is 110 cm³/mol. The molecule has 2 aromatic heterocycles. The Balaban J connectivity index is 0.000000253. The Morgan fingerprint density at radius 3 is 2.21 bits per heavy atom. The van der Waals surface area contributed by atoms with Crippen molar-refractivity contribution in [1.29, 1.82) is 5.41 Å². The molecule has 0 radical (unpaired) electrons. The number of hydrogen-bond acceptors (Lipinski definition) is 8. The minimum atomic E-state index is -0.157. The molecule has 154 valence electrons. The summed E-state index contributed by atoms with van der Waals surface area (Å²) in [5.41, 5.74) is 7.60. The molecule has 29 heavy (non-hydrogen) atoms. The number of aryl methyl sites for hydroxylation is 1. The van der Waals surface area contributed by atoms with Gasteiger partial charge in [0.05, 0.1) is 26.8 Å². The van der Waals surface area contributed by atoms with Gasteiger partial charge in [-0.3, -0.25) is 5.41 Å². The normalized spacial score (nSPS) is 10.7. The predicted octanol–water partition coefficient (Wildman–Crippen LogP) is 2.94. The lowest BCUT2D eigenvalue weighted by Gasteiger charge is -2.04. The van der Waals surface area contributed by atoms with E-state index in [4.69, 9.17) is 30.1 Å². The van der Waals surface area contributed by atoms with Crippen molar-refractivity contribution in [2.45, 2.75) is 13.8 Å². The molecule has 1 aromatic carbocycles. The van der Waals surface area contributed by atoms with Gasteiger partial charge in [0.2, 0.25) is 11.8 Å². The van der Waals surface area contributed by atoms with Crippen LogP contribution in [0.1, 0.15) is 12.6 Å². The maximum Gasteiger partial charge on any atom is 0.296 e. The Labute approximate surface area is 168 Å². The smallest absolute Gasteiger partial charge is 0.296 e. The molecule has 0 aliphatic rings. The summed E-state index contributed by atoms with van der Waals surface area (Å²) in [7, 11) is 4.77. The maximum atomic E-state index is 7.15. The van der Waals surface area contributed by atoms with E-state index in [1.165, 1.54) is 14.0 Å². The zero-order valence-electron chi connectivity index (χ0n) is 16.9. The van der Waals surface area contributed by atoms with E-state index < -0.39 is 0 Å². The van der Waals surface area contributed by atoms with E-state index >= 15 is 0 Å². The zero-order valence-corrected chi connectivity index (χ0v) is 16.9. The van der Waals surface area contributed by atoms with Gasteiger partial charge in [-0.05, 0) is 25.1 Å². The first kappa shape index (κ1) is 21.5. The number of nitrogens with two attached hydrogens (primary N) is 1. The summed E-state index contributed by atoms with van der Waals surface area (Å²) >= 11 is 0. The van der Waals surface area contributed by atoms with Crippen molar-refractivity contribution in [2.24, 2.45) is 10.7 Å². The molecule has 10 nitrogen and oxygen atoms in total. The van der Waals surface area contributed by atoms with Crippen LogP contribution in [0.3, 0.4) is 0 Å². The van der Waals surface area contributed by atoms with Gasteiger partial charge >= 0.3 is 0 Å². The number of H-pyrrole nitrogens is 1. The highest BCUT2D eigenvalue weighted by atomic mass is 16.5. The van der Waals surface area contributed by atoms with Gasteiger partial charge in [-0.1, -0.05) is 12.1 Å². The fourth-order valence-electron chi connectivity index (χ4n) is 2.36. The summed E-state index contributed by atoms with van der Waals surface area (Å²) in [6.07, 6.45) is 0. The number of aliphatic imine (C=N–C) groups is 1. The first-order valence-electron chi connectivity index (χ1n) is 8.53. The molecule has 0 saturated heterocycles. The van der Waals surface area contributed by atoms with E-state index in [0.29, 0.717) is 11.4 Å². The molecule has 0 aliphatic heterocycles. The van der Waals surface area contributed by atoms with Gasteiger partial charge in [0, 0.05) is 12.6 Å². The summed E-state index contributed by atoms with van der Waals surface area (Å²) in [6, 6.07) is 9.19. The molecular weight excluding hydrogens is 376 g/mol. The molecule has 0 saturated carbocycles. The second-order valence-electron chi connectivity index (χ2n) is 5.69.